The van der Waals surface area contributed by atoms with E-state index < -0.39 is 0 Å². The lowest BCUT2D eigenvalue weighted by Gasteiger charge is -2.31. The Morgan fingerprint density at radius 1 is 1.40 bits per heavy atom. The summed E-state index contributed by atoms with van der Waals surface area (Å²) in [5.41, 5.74) is 6.81. The van der Waals surface area contributed by atoms with Crippen molar-refractivity contribution in [3.05, 3.63) is 28.2 Å². The summed E-state index contributed by atoms with van der Waals surface area (Å²) in [7, 11) is 1.37. The predicted octanol–water partition coefficient (Wildman–Crippen LogP) is 2.06. The summed E-state index contributed by atoms with van der Waals surface area (Å²) in [6.07, 6.45) is 1.56. The molecule has 0 aliphatic carbocycles. The zero-order chi connectivity index (χ0) is 14.7. The van der Waals surface area contributed by atoms with E-state index in [2.05, 4.69) is 15.9 Å². The highest BCUT2D eigenvalue weighted by Gasteiger charge is 2.29. The van der Waals surface area contributed by atoms with Crippen molar-refractivity contribution in [1.29, 1.82) is 0 Å². The van der Waals surface area contributed by atoms with Crippen LogP contribution in [-0.2, 0) is 9.53 Å². The van der Waals surface area contributed by atoms with E-state index in [0.717, 1.165) is 17.3 Å². The number of carbonyl (C=O) groups is 2. The molecule has 1 fully saturated rings. The fourth-order valence-electron chi connectivity index (χ4n) is 2.44. The van der Waals surface area contributed by atoms with Gasteiger partial charge in [-0.05, 0) is 31.0 Å². The fourth-order valence-corrected chi connectivity index (χ4v) is 2.95. The molecule has 2 rings (SSSR count). The van der Waals surface area contributed by atoms with Crippen LogP contribution in [0.5, 0.6) is 0 Å². The number of anilines is 1. The molecule has 1 aromatic carbocycles. The minimum Gasteiger partial charge on any atom is -0.469 e. The Bertz CT molecular complexity index is 513. The molecule has 20 heavy (non-hydrogen) atoms. The van der Waals surface area contributed by atoms with E-state index in [9.17, 15) is 9.59 Å². The third-order valence-corrected chi connectivity index (χ3v) is 3.87. The van der Waals surface area contributed by atoms with Crippen molar-refractivity contribution in [2.45, 2.75) is 12.8 Å². The summed E-state index contributed by atoms with van der Waals surface area (Å²) in [5.74, 6) is -0.593. The van der Waals surface area contributed by atoms with Crippen molar-refractivity contribution in [3.8, 4) is 0 Å². The highest BCUT2D eigenvalue weighted by Crippen LogP contribution is 2.22. The van der Waals surface area contributed by atoms with Crippen LogP contribution in [0.25, 0.3) is 0 Å². The van der Waals surface area contributed by atoms with Gasteiger partial charge in [-0.2, -0.15) is 0 Å². The molecule has 0 radical (unpaired) electrons. The molecule has 1 aliphatic heterocycles. The Hall–Kier alpha value is -1.56. The predicted molar refractivity (Wildman–Crippen MR) is 79.2 cm³/mol. The first kappa shape index (κ1) is 14.8. The lowest BCUT2D eigenvalue weighted by atomic mass is 9.97. The second kappa shape index (κ2) is 6.26. The summed E-state index contributed by atoms with van der Waals surface area (Å²) >= 11 is 3.33. The van der Waals surface area contributed by atoms with Crippen LogP contribution in [0.3, 0.4) is 0 Å². The number of amides is 1. The average Bonchev–Trinajstić information content (AvgIpc) is 2.44. The van der Waals surface area contributed by atoms with Gasteiger partial charge in [0.2, 0.25) is 0 Å². The summed E-state index contributed by atoms with van der Waals surface area (Å²) < 4.78 is 5.52. The quantitative estimate of drug-likeness (QED) is 0.660. The number of carbonyl (C=O) groups excluding carboxylic acids is 2. The summed E-state index contributed by atoms with van der Waals surface area (Å²) in [6.45, 7) is 1.05. The highest BCUT2D eigenvalue weighted by molar-refractivity contribution is 9.10. The molecule has 1 aromatic rings. The number of benzene rings is 1. The van der Waals surface area contributed by atoms with Crippen molar-refractivity contribution >= 4 is 33.5 Å². The number of nitrogens with two attached hydrogens (primary N) is 1. The number of hydrogen-bond donors (Lipinski definition) is 1. The van der Waals surface area contributed by atoms with Crippen molar-refractivity contribution in [1.82, 2.24) is 4.90 Å². The normalized spacial score (nSPS) is 18.7. The monoisotopic (exact) mass is 340 g/mol. The number of esters is 1. The SMILES string of the molecule is COC(=O)C1CCCN(C(=O)c2cc(N)cc(Br)c2)C1. The van der Waals surface area contributed by atoms with E-state index in [4.69, 9.17) is 10.5 Å². The molecule has 1 unspecified atom stereocenters. The minimum atomic E-state index is -0.253. The lowest BCUT2D eigenvalue weighted by molar-refractivity contribution is -0.146. The summed E-state index contributed by atoms with van der Waals surface area (Å²) in [5, 5.41) is 0. The Morgan fingerprint density at radius 3 is 2.80 bits per heavy atom. The molecule has 2 N–H and O–H groups in total. The topological polar surface area (TPSA) is 72.6 Å². The van der Waals surface area contributed by atoms with Gasteiger partial charge in [-0.15, -0.1) is 0 Å². The number of methoxy groups -OCH3 is 1. The first-order chi connectivity index (χ1) is 9.51. The molecule has 0 bridgehead atoms. The van der Waals surface area contributed by atoms with Gasteiger partial charge in [0.25, 0.3) is 5.91 Å². The van der Waals surface area contributed by atoms with Crippen molar-refractivity contribution < 1.29 is 14.3 Å². The minimum absolute atomic E-state index is 0.105. The molecular formula is C14H17BrN2O3. The molecule has 0 saturated carbocycles. The number of ether oxygens (including phenoxy) is 1. The van der Waals surface area contributed by atoms with Gasteiger partial charge in [0.1, 0.15) is 0 Å². The maximum absolute atomic E-state index is 12.5. The molecule has 1 amide bonds. The van der Waals surface area contributed by atoms with Crippen LogP contribution in [0.1, 0.15) is 23.2 Å². The largest absolute Gasteiger partial charge is 0.469 e. The average molecular weight is 341 g/mol. The van der Waals surface area contributed by atoms with Crippen molar-refractivity contribution in [2.75, 3.05) is 25.9 Å². The van der Waals surface area contributed by atoms with Crippen LogP contribution < -0.4 is 5.73 Å². The summed E-state index contributed by atoms with van der Waals surface area (Å²) in [4.78, 5) is 25.7. The van der Waals surface area contributed by atoms with Gasteiger partial charge in [-0.3, -0.25) is 9.59 Å². The number of nitrogen functional groups attached to an aromatic ring is 1. The van der Waals surface area contributed by atoms with Crippen molar-refractivity contribution in [2.24, 2.45) is 5.92 Å². The van der Waals surface area contributed by atoms with Crippen LogP contribution in [0.2, 0.25) is 0 Å². The third kappa shape index (κ3) is 3.30. The molecule has 1 atom stereocenters. The smallest absolute Gasteiger partial charge is 0.310 e. The number of halogens is 1. The second-order valence-electron chi connectivity index (χ2n) is 4.89. The van der Waals surface area contributed by atoms with Gasteiger partial charge in [0.15, 0.2) is 0 Å². The number of nitrogens with zero attached hydrogens (tertiary/aromatic N) is 1. The third-order valence-electron chi connectivity index (χ3n) is 3.41. The van der Waals surface area contributed by atoms with Crippen LogP contribution >= 0.6 is 15.9 Å². The van der Waals surface area contributed by atoms with Gasteiger partial charge in [-0.25, -0.2) is 0 Å². The van der Waals surface area contributed by atoms with Crippen LogP contribution in [0, 0.1) is 5.92 Å². The van der Waals surface area contributed by atoms with Gasteiger partial charge in [0.05, 0.1) is 13.0 Å². The van der Waals surface area contributed by atoms with E-state index in [1.54, 1.807) is 23.1 Å². The maximum atomic E-state index is 12.5. The van der Waals surface area contributed by atoms with Crippen molar-refractivity contribution in [3.63, 3.8) is 0 Å². The molecule has 6 heteroatoms. The van der Waals surface area contributed by atoms with Gasteiger partial charge in [0, 0.05) is 28.8 Å². The van der Waals surface area contributed by atoms with Gasteiger partial charge < -0.3 is 15.4 Å². The van der Waals surface area contributed by atoms with E-state index in [1.807, 2.05) is 0 Å². The highest BCUT2D eigenvalue weighted by atomic mass is 79.9. The Morgan fingerprint density at radius 2 is 2.15 bits per heavy atom. The number of rotatable bonds is 2. The fraction of sp³-hybridized carbons (Fsp3) is 0.429. The molecule has 0 spiro atoms. The van der Waals surface area contributed by atoms with E-state index in [1.165, 1.54) is 7.11 Å². The van der Waals surface area contributed by atoms with E-state index in [-0.39, 0.29) is 17.8 Å². The van der Waals surface area contributed by atoms with Gasteiger partial charge >= 0.3 is 5.97 Å². The zero-order valence-electron chi connectivity index (χ0n) is 11.3. The first-order valence-electron chi connectivity index (χ1n) is 6.44. The molecule has 1 aliphatic rings. The molecule has 1 saturated heterocycles. The number of piperidine rings is 1. The molecule has 108 valence electrons. The second-order valence-corrected chi connectivity index (χ2v) is 5.80. The lowest BCUT2D eigenvalue weighted by Crippen LogP contribution is -2.42. The van der Waals surface area contributed by atoms with Crippen LogP contribution in [-0.4, -0.2) is 37.0 Å². The van der Waals surface area contributed by atoms with E-state index in [0.29, 0.717) is 24.3 Å². The maximum Gasteiger partial charge on any atom is 0.310 e. The van der Waals surface area contributed by atoms with E-state index >= 15 is 0 Å². The van der Waals surface area contributed by atoms with Crippen LogP contribution in [0.15, 0.2) is 22.7 Å². The Balaban J connectivity index is 2.14. The number of hydrogen-bond acceptors (Lipinski definition) is 4. The first-order valence-corrected chi connectivity index (χ1v) is 7.23. The number of likely N-dealkylation sites (tertiary alicyclic amines) is 1. The molecular weight excluding hydrogens is 324 g/mol. The standard InChI is InChI=1S/C14H17BrN2O3/c1-20-14(19)9-3-2-4-17(8-9)13(18)10-5-11(15)7-12(16)6-10/h5-7,9H,2-4,8,16H2,1H3. The molecule has 0 aromatic heterocycles. The zero-order valence-corrected chi connectivity index (χ0v) is 12.9. The summed E-state index contributed by atoms with van der Waals surface area (Å²) in [6, 6.07) is 5.12. The Kier molecular flexibility index (Phi) is 4.65. The molecule has 5 nitrogen and oxygen atoms in total. The van der Waals surface area contributed by atoms with Crippen LogP contribution in [0.4, 0.5) is 5.69 Å². The molecule has 1 heterocycles. The Labute approximate surface area is 126 Å². The van der Waals surface area contributed by atoms with Gasteiger partial charge in [-0.1, -0.05) is 15.9 Å².